The van der Waals surface area contributed by atoms with E-state index in [0.29, 0.717) is 6.04 Å². The van der Waals surface area contributed by atoms with Crippen molar-refractivity contribution in [3.63, 3.8) is 0 Å². The van der Waals surface area contributed by atoms with Gasteiger partial charge < -0.3 is 10.6 Å². The molecule has 1 aromatic rings. The summed E-state index contributed by atoms with van der Waals surface area (Å²) < 4.78 is 1.20. The second kappa shape index (κ2) is 4.82. The Morgan fingerprint density at radius 2 is 2.33 bits per heavy atom. The number of nitrogens with zero attached hydrogens (tertiary/aromatic N) is 1. The fourth-order valence-electron chi connectivity index (χ4n) is 1.87. The zero-order chi connectivity index (χ0) is 10.8. The molecule has 0 spiro atoms. The number of thioether (sulfide) groups is 1. The summed E-state index contributed by atoms with van der Waals surface area (Å²) in [6.07, 6.45) is 0. The molecule has 2 nitrogen and oxygen atoms in total. The van der Waals surface area contributed by atoms with Gasteiger partial charge in [-0.2, -0.15) is 11.8 Å². The van der Waals surface area contributed by atoms with Crippen molar-refractivity contribution >= 4 is 45.7 Å². The largest absolute Gasteiger partial charge is 0.397 e. The summed E-state index contributed by atoms with van der Waals surface area (Å²) >= 11 is 4.32. The van der Waals surface area contributed by atoms with E-state index < -0.39 is 0 Å². The quantitative estimate of drug-likeness (QED) is 0.633. The normalized spacial score (nSPS) is 21.7. The maximum absolute atomic E-state index is 6.06. The molecule has 0 saturated carbocycles. The van der Waals surface area contributed by atoms with E-state index in [1.54, 1.807) is 0 Å². The van der Waals surface area contributed by atoms with Gasteiger partial charge in [0, 0.05) is 27.7 Å². The van der Waals surface area contributed by atoms with E-state index in [9.17, 15) is 0 Å². The number of nitrogen functional groups attached to an aromatic ring is 1. The zero-order valence-corrected chi connectivity index (χ0v) is 11.7. The van der Waals surface area contributed by atoms with Crippen LogP contribution in [0.25, 0.3) is 0 Å². The van der Waals surface area contributed by atoms with Gasteiger partial charge in [0.25, 0.3) is 0 Å². The Labute approximate surface area is 109 Å². The second-order valence-corrected chi connectivity index (χ2v) is 6.22. The maximum Gasteiger partial charge on any atom is 0.0603 e. The monoisotopic (exact) mass is 334 g/mol. The standard InChI is InChI=1S/C11H15IN2S/c1-8-7-15-5-4-14(8)11-3-2-9(12)6-10(11)13/h2-3,6,8H,4-5,7,13H2,1H3. The van der Waals surface area contributed by atoms with E-state index in [2.05, 4.69) is 46.5 Å². The average Bonchev–Trinajstić information content (AvgIpc) is 2.20. The highest BCUT2D eigenvalue weighted by Gasteiger charge is 2.20. The molecule has 1 aliphatic heterocycles. The van der Waals surface area contributed by atoms with Gasteiger partial charge >= 0.3 is 0 Å². The van der Waals surface area contributed by atoms with Crippen LogP contribution < -0.4 is 10.6 Å². The van der Waals surface area contributed by atoms with Crippen LogP contribution in [0.4, 0.5) is 11.4 Å². The first-order chi connectivity index (χ1) is 7.18. The summed E-state index contributed by atoms with van der Waals surface area (Å²) in [5.74, 6) is 2.40. The van der Waals surface area contributed by atoms with E-state index >= 15 is 0 Å². The van der Waals surface area contributed by atoms with Crippen molar-refractivity contribution in [3.8, 4) is 0 Å². The summed E-state index contributed by atoms with van der Waals surface area (Å²) in [4.78, 5) is 2.42. The first-order valence-corrected chi connectivity index (χ1v) is 7.31. The van der Waals surface area contributed by atoms with Gasteiger partial charge in [0.2, 0.25) is 0 Å². The van der Waals surface area contributed by atoms with Gasteiger partial charge in [-0.3, -0.25) is 0 Å². The molecule has 15 heavy (non-hydrogen) atoms. The molecule has 1 aliphatic rings. The number of rotatable bonds is 1. The lowest BCUT2D eigenvalue weighted by molar-refractivity contribution is 0.701. The number of nitrogens with two attached hydrogens (primary N) is 1. The van der Waals surface area contributed by atoms with Gasteiger partial charge in [-0.1, -0.05) is 0 Å². The van der Waals surface area contributed by atoms with Gasteiger partial charge in [0.15, 0.2) is 0 Å². The van der Waals surface area contributed by atoms with E-state index in [0.717, 1.165) is 12.2 Å². The molecule has 0 radical (unpaired) electrons. The fraction of sp³-hybridized carbons (Fsp3) is 0.455. The molecular weight excluding hydrogens is 319 g/mol. The lowest BCUT2D eigenvalue weighted by atomic mass is 10.2. The Morgan fingerprint density at radius 1 is 1.53 bits per heavy atom. The lowest BCUT2D eigenvalue weighted by Crippen LogP contribution is -2.40. The minimum atomic E-state index is 0.589. The molecule has 2 rings (SSSR count). The van der Waals surface area contributed by atoms with Crippen LogP contribution in [0, 0.1) is 3.57 Å². The molecule has 1 saturated heterocycles. The smallest absolute Gasteiger partial charge is 0.0603 e. The Kier molecular flexibility index (Phi) is 3.66. The predicted molar refractivity (Wildman–Crippen MR) is 77.7 cm³/mol. The molecule has 2 N–H and O–H groups in total. The molecule has 1 atom stereocenters. The van der Waals surface area contributed by atoms with Gasteiger partial charge in [0.1, 0.15) is 0 Å². The molecule has 0 amide bonds. The van der Waals surface area contributed by atoms with E-state index in [1.165, 1.54) is 20.8 Å². The van der Waals surface area contributed by atoms with E-state index in [4.69, 9.17) is 5.73 Å². The van der Waals surface area contributed by atoms with Gasteiger partial charge in [-0.15, -0.1) is 0 Å². The number of benzene rings is 1. The van der Waals surface area contributed by atoms with Crippen molar-refractivity contribution in [2.75, 3.05) is 28.7 Å². The minimum Gasteiger partial charge on any atom is -0.397 e. The summed E-state index contributed by atoms with van der Waals surface area (Å²) in [5, 5.41) is 0. The third-order valence-electron chi connectivity index (χ3n) is 2.67. The highest BCUT2D eigenvalue weighted by Crippen LogP contribution is 2.29. The molecule has 1 aromatic carbocycles. The van der Waals surface area contributed by atoms with Crippen molar-refractivity contribution in [2.45, 2.75) is 13.0 Å². The molecule has 0 aliphatic carbocycles. The van der Waals surface area contributed by atoms with Gasteiger partial charge in [0.05, 0.1) is 11.4 Å². The van der Waals surface area contributed by atoms with Crippen LogP contribution >= 0.6 is 34.4 Å². The van der Waals surface area contributed by atoms with Crippen LogP contribution in [0.2, 0.25) is 0 Å². The Bertz CT molecular complexity index is 356. The van der Waals surface area contributed by atoms with Crippen molar-refractivity contribution in [1.29, 1.82) is 0 Å². The predicted octanol–water partition coefficient (Wildman–Crippen LogP) is 2.82. The van der Waals surface area contributed by atoms with Crippen molar-refractivity contribution in [1.82, 2.24) is 0 Å². The molecule has 1 heterocycles. The summed E-state index contributed by atoms with van der Waals surface area (Å²) in [6.45, 7) is 3.38. The first kappa shape index (κ1) is 11.4. The molecular formula is C11H15IN2S. The zero-order valence-electron chi connectivity index (χ0n) is 8.74. The Hall–Kier alpha value is -0.100. The van der Waals surface area contributed by atoms with Crippen molar-refractivity contribution in [2.24, 2.45) is 0 Å². The molecule has 0 aromatic heterocycles. The topological polar surface area (TPSA) is 29.3 Å². The number of halogens is 1. The lowest BCUT2D eigenvalue weighted by Gasteiger charge is -2.35. The minimum absolute atomic E-state index is 0.589. The van der Waals surface area contributed by atoms with Gasteiger partial charge in [-0.25, -0.2) is 0 Å². The van der Waals surface area contributed by atoms with E-state index in [-0.39, 0.29) is 0 Å². The molecule has 1 unspecified atom stereocenters. The molecule has 4 heteroatoms. The van der Waals surface area contributed by atoms with E-state index in [1.807, 2.05) is 17.8 Å². The molecule has 82 valence electrons. The third-order valence-corrected chi connectivity index (χ3v) is 4.53. The summed E-state index contributed by atoms with van der Waals surface area (Å²) in [7, 11) is 0. The van der Waals surface area contributed by atoms with Crippen LogP contribution in [-0.2, 0) is 0 Å². The molecule has 0 bridgehead atoms. The van der Waals surface area contributed by atoms with Crippen molar-refractivity contribution in [3.05, 3.63) is 21.8 Å². The Morgan fingerprint density at radius 3 is 3.00 bits per heavy atom. The SMILES string of the molecule is CC1CSCCN1c1ccc(I)cc1N. The van der Waals surface area contributed by atoms with Crippen LogP contribution in [-0.4, -0.2) is 24.1 Å². The molecule has 1 fully saturated rings. The highest BCUT2D eigenvalue weighted by molar-refractivity contribution is 14.1. The summed E-state index contributed by atoms with van der Waals surface area (Å²) in [6, 6.07) is 6.90. The number of hydrogen-bond acceptors (Lipinski definition) is 3. The average molecular weight is 334 g/mol. The van der Waals surface area contributed by atoms with Crippen molar-refractivity contribution < 1.29 is 0 Å². The fourth-order valence-corrected chi connectivity index (χ4v) is 3.40. The third kappa shape index (κ3) is 2.53. The summed E-state index contributed by atoms with van der Waals surface area (Å²) in [5.41, 5.74) is 8.16. The second-order valence-electron chi connectivity index (χ2n) is 3.82. The Balaban J connectivity index is 2.27. The maximum atomic E-state index is 6.06. The highest BCUT2D eigenvalue weighted by atomic mass is 127. The van der Waals surface area contributed by atoms with Crippen LogP contribution in [0.5, 0.6) is 0 Å². The van der Waals surface area contributed by atoms with Crippen LogP contribution in [0.3, 0.4) is 0 Å². The number of anilines is 2. The van der Waals surface area contributed by atoms with Crippen LogP contribution in [0.1, 0.15) is 6.92 Å². The van der Waals surface area contributed by atoms with Gasteiger partial charge in [-0.05, 0) is 47.7 Å². The first-order valence-electron chi connectivity index (χ1n) is 5.08. The van der Waals surface area contributed by atoms with Crippen LogP contribution in [0.15, 0.2) is 18.2 Å². The number of hydrogen-bond donors (Lipinski definition) is 1.